The van der Waals surface area contributed by atoms with Crippen LogP contribution in [-0.4, -0.2) is 55.5 Å². The maximum Gasteiger partial charge on any atom is 0.313 e. The van der Waals surface area contributed by atoms with Crippen molar-refractivity contribution in [3.63, 3.8) is 0 Å². The lowest BCUT2D eigenvalue weighted by Crippen LogP contribution is -2.42. The number of piperidine rings is 1. The summed E-state index contributed by atoms with van der Waals surface area (Å²) in [5.74, 6) is -3.10. The number of aromatic nitrogens is 4. The van der Waals surface area contributed by atoms with E-state index in [0.717, 1.165) is 30.5 Å². The van der Waals surface area contributed by atoms with E-state index in [1.807, 2.05) is 19.1 Å². The number of carbonyl (C=O) groups excluding carboxylic acids is 3. The predicted octanol–water partition coefficient (Wildman–Crippen LogP) is 2.45. The molecule has 0 saturated carbocycles. The Morgan fingerprint density at radius 1 is 1.08 bits per heavy atom. The summed E-state index contributed by atoms with van der Waals surface area (Å²) in [6, 6.07) is 5.05. The summed E-state index contributed by atoms with van der Waals surface area (Å²) in [4.78, 5) is 54.9. The lowest BCUT2D eigenvalue weighted by molar-refractivity contribution is -0.143. The van der Waals surface area contributed by atoms with Gasteiger partial charge in [-0.05, 0) is 56.7 Å². The van der Waals surface area contributed by atoms with Crippen LogP contribution in [0.5, 0.6) is 0 Å². The molecule has 4 rings (SSSR count). The van der Waals surface area contributed by atoms with Gasteiger partial charge in [-0.25, -0.2) is 0 Å². The minimum atomic E-state index is -1.11. The maximum absolute atomic E-state index is 14.6. The first-order chi connectivity index (χ1) is 18.8. The van der Waals surface area contributed by atoms with E-state index in [9.17, 15) is 23.6 Å². The molecule has 13 heteroatoms. The highest BCUT2D eigenvalue weighted by molar-refractivity contribution is 7.13. The number of aryl methyl sites for hydroxylation is 3. The first kappa shape index (κ1) is 28.0. The molecule has 0 atom stereocenters. The average Bonchev–Trinajstić information content (AvgIpc) is 3.43. The highest BCUT2D eigenvalue weighted by Crippen LogP contribution is 2.15. The zero-order valence-electron chi connectivity index (χ0n) is 21.6. The van der Waals surface area contributed by atoms with Crippen molar-refractivity contribution in [2.75, 3.05) is 18.4 Å². The van der Waals surface area contributed by atoms with Gasteiger partial charge in [-0.2, -0.15) is 4.39 Å². The second kappa shape index (κ2) is 13.2. The molecule has 0 unspecified atom stereocenters. The number of unbranched alkanes of at least 4 members (excludes halogenated alkanes) is 1. The number of nitrogens with zero attached hydrogens (tertiary/aromatic N) is 5. The van der Waals surface area contributed by atoms with Gasteiger partial charge < -0.3 is 20.1 Å². The molecular weight excluding hydrogens is 525 g/mol. The predicted molar refractivity (Wildman–Crippen MR) is 143 cm³/mol. The van der Waals surface area contributed by atoms with E-state index < -0.39 is 23.2 Å². The van der Waals surface area contributed by atoms with E-state index >= 15 is 0 Å². The van der Waals surface area contributed by atoms with Crippen LogP contribution in [0.3, 0.4) is 0 Å². The van der Waals surface area contributed by atoms with Gasteiger partial charge in [0, 0.05) is 50.7 Å². The van der Waals surface area contributed by atoms with Gasteiger partial charge in [0.1, 0.15) is 5.01 Å². The fraction of sp³-hybridized carbons (Fsp3) is 0.423. The van der Waals surface area contributed by atoms with Crippen molar-refractivity contribution < 1.29 is 18.8 Å². The van der Waals surface area contributed by atoms with Gasteiger partial charge in [0.05, 0.1) is 5.69 Å². The van der Waals surface area contributed by atoms with E-state index in [2.05, 4.69) is 25.8 Å². The van der Waals surface area contributed by atoms with Crippen molar-refractivity contribution in [3.8, 4) is 0 Å². The molecule has 0 aromatic carbocycles. The Balaban J connectivity index is 1.22. The number of halogens is 1. The van der Waals surface area contributed by atoms with E-state index in [0.29, 0.717) is 43.9 Å². The van der Waals surface area contributed by atoms with Crippen LogP contribution in [0, 0.1) is 12.7 Å². The summed E-state index contributed by atoms with van der Waals surface area (Å²) in [6.45, 7) is 3.47. The highest BCUT2D eigenvalue weighted by atomic mass is 32.1. The molecule has 11 nitrogen and oxygen atoms in total. The summed E-state index contributed by atoms with van der Waals surface area (Å²) in [7, 11) is 0. The van der Waals surface area contributed by atoms with Crippen molar-refractivity contribution in [3.05, 3.63) is 68.0 Å². The first-order valence-corrected chi connectivity index (χ1v) is 13.6. The molecule has 1 aliphatic heterocycles. The Bertz CT molecular complexity index is 1380. The molecule has 1 fully saturated rings. The van der Waals surface area contributed by atoms with Crippen LogP contribution in [0.2, 0.25) is 0 Å². The Hall–Kier alpha value is -4.00. The molecule has 0 bridgehead atoms. The number of likely N-dealkylation sites (tertiary alicyclic amines) is 1. The van der Waals surface area contributed by atoms with Gasteiger partial charge >= 0.3 is 11.8 Å². The smallest absolute Gasteiger partial charge is 0.313 e. The van der Waals surface area contributed by atoms with Crippen LogP contribution in [0.15, 0.2) is 35.4 Å². The molecule has 206 valence electrons. The van der Waals surface area contributed by atoms with Crippen LogP contribution in [0.1, 0.15) is 58.2 Å². The van der Waals surface area contributed by atoms with Crippen LogP contribution >= 0.6 is 11.3 Å². The third-order valence-electron chi connectivity index (χ3n) is 6.32. The van der Waals surface area contributed by atoms with Crippen molar-refractivity contribution in [2.45, 2.75) is 58.5 Å². The number of amides is 3. The third kappa shape index (κ3) is 7.53. The van der Waals surface area contributed by atoms with Gasteiger partial charge in [-0.3, -0.25) is 24.2 Å². The van der Waals surface area contributed by atoms with E-state index in [1.165, 1.54) is 33.1 Å². The summed E-state index contributed by atoms with van der Waals surface area (Å²) in [5.41, 5.74) is 0.587. The van der Waals surface area contributed by atoms with Gasteiger partial charge in [0.15, 0.2) is 0 Å². The number of nitrogens with one attached hydrogen (secondary N) is 2. The zero-order chi connectivity index (χ0) is 27.8. The molecular formula is C26H30FN7O4S. The van der Waals surface area contributed by atoms with E-state index in [4.69, 9.17) is 0 Å². The van der Waals surface area contributed by atoms with Gasteiger partial charge in [-0.15, -0.1) is 10.2 Å². The molecule has 4 heterocycles. The summed E-state index contributed by atoms with van der Waals surface area (Å²) in [6.07, 6.45) is 7.50. The Morgan fingerprint density at radius 2 is 1.87 bits per heavy atom. The second-order valence-electron chi connectivity index (χ2n) is 9.30. The number of carbonyl (C=O) groups is 3. The monoisotopic (exact) mass is 555 g/mol. The first-order valence-electron chi connectivity index (χ1n) is 12.8. The number of hydrogen-bond donors (Lipinski definition) is 2. The summed E-state index contributed by atoms with van der Waals surface area (Å²) < 4.78 is 15.9. The Kier molecular flexibility index (Phi) is 9.47. The quantitative estimate of drug-likeness (QED) is 0.305. The number of rotatable bonds is 9. The minimum Gasteiger partial charge on any atom is -0.346 e. The minimum absolute atomic E-state index is 0.257. The fourth-order valence-electron chi connectivity index (χ4n) is 4.10. The van der Waals surface area contributed by atoms with Crippen molar-refractivity contribution in [2.24, 2.45) is 0 Å². The fourth-order valence-corrected chi connectivity index (χ4v) is 4.90. The largest absolute Gasteiger partial charge is 0.346 e. The maximum atomic E-state index is 14.6. The third-order valence-corrected chi connectivity index (χ3v) is 7.30. The van der Waals surface area contributed by atoms with E-state index in [-0.39, 0.29) is 23.1 Å². The molecule has 2 N–H and O–H groups in total. The van der Waals surface area contributed by atoms with Crippen LogP contribution in [0.25, 0.3) is 0 Å². The molecule has 0 radical (unpaired) electrons. The van der Waals surface area contributed by atoms with Gasteiger partial charge in [0.2, 0.25) is 10.8 Å². The number of pyridine rings is 2. The normalized spacial score (nSPS) is 13.2. The lowest BCUT2D eigenvalue weighted by atomic mass is 10.1. The Morgan fingerprint density at radius 3 is 2.62 bits per heavy atom. The summed E-state index contributed by atoms with van der Waals surface area (Å²) in [5, 5.41) is 14.0. The van der Waals surface area contributed by atoms with Crippen LogP contribution in [-0.2, 0) is 29.1 Å². The van der Waals surface area contributed by atoms with Crippen molar-refractivity contribution in [1.29, 1.82) is 0 Å². The number of anilines is 1. The lowest BCUT2D eigenvalue weighted by Gasteiger charge is -2.25. The average molecular weight is 556 g/mol. The molecule has 3 amide bonds. The molecule has 0 spiro atoms. The SMILES string of the molecule is Cc1ccc(CNC(=O)c2nnc(CCCCn3ccc(NC(=O)C(=O)N4CCCCC4)c(F)c3=O)s2)cn1. The molecule has 3 aromatic rings. The van der Waals surface area contributed by atoms with E-state index in [1.54, 1.807) is 6.20 Å². The number of hydrogen-bond acceptors (Lipinski definition) is 8. The standard InChI is InChI=1S/C26H30FN7O4S/c1-17-8-9-18(15-28-17)16-29-22(35)24-32-31-20(39-24)7-3-6-13-34-14-10-19(21(27)25(34)37)30-23(36)26(38)33-11-4-2-5-12-33/h8-10,14-15H,2-7,11-13,16H2,1H3,(H,29,35)(H,30,36). The topological polar surface area (TPSA) is 139 Å². The molecule has 1 aliphatic rings. The van der Waals surface area contributed by atoms with Crippen LogP contribution < -0.4 is 16.2 Å². The van der Waals surface area contributed by atoms with Gasteiger partial charge in [-0.1, -0.05) is 17.4 Å². The van der Waals surface area contributed by atoms with Crippen molar-refractivity contribution >= 4 is 34.7 Å². The second-order valence-corrected chi connectivity index (χ2v) is 10.4. The molecule has 39 heavy (non-hydrogen) atoms. The van der Waals surface area contributed by atoms with Crippen molar-refractivity contribution in [1.82, 2.24) is 30.0 Å². The Labute approximate surface area is 228 Å². The molecule has 1 saturated heterocycles. The zero-order valence-corrected chi connectivity index (χ0v) is 22.4. The molecule has 3 aromatic heterocycles. The highest BCUT2D eigenvalue weighted by Gasteiger charge is 2.24. The summed E-state index contributed by atoms with van der Waals surface area (Å²) >= 11 is 1.20. The van der Waals surface area contributed by atoms with Gasteiger partial charge in [0.25, 0.3) is 11.5 Å². The van der Waals surface area contributed by atoms with Crippen LogP contribution in [0.4, 0.5) is 10.1 Å². The molecule has 0 aliphatic carbocycles.